The van der Waals surface area contributed by atoms with Crippen molar-refractivity contribution in [2.75, 3.05) is 33.9 Å². The Hall–Kier alpha value is -3.30. The first-order valence-corrected chi connectivity index (χ1v) is 10.8. The second kappa shape index (κ2) is 8.68. The monoisotopic (exact) mass is 435 g/mol. The molecule has 0 amide bonds. The molecule has 1 unspecified atom stereocenters. The average Bonchev–Trinajstić information content (AvgIpc) is 3.49. The second-order valence-corrected chi connectivity index (χ2v) is 8.37. The Labute approximate surface area is 185 Å². The number of methoxy groups -OCH3 is 1. The van der Waals surface area contributed by atoms with Crippen LogP contribution in [0.15, 0.2) is 47.5 Å². The van der Waals surface area contributed by atoms with Gasteiger partial charge in [-0.15, -0.1) is 0 Å². The molecule has 1 aliphatic rings. The van der Waals surface area contributed by atoms with Crippen LogP contribution in [0.2, 0.25) is 0 Å². The fraction of sp³-hybridized carbons (Fsp3) is 0.391. The molecule has 166 valence electrons. The van der Waals surface area contributed by atoms with Crippen LogP contribution in [0.25, 0.3) is 16.7 Å². The van der Waals surface area contributed by atoms with E-state index in [1.807, 2.05) is 36.4 Å². The maximum absolute atomic E-state index is 13.2. The normalized spacial score (nSPS) is 16.4. The average molecular weight is 436 g/mol. The molecule has 9 heteroatoms. The van der Waals surface area contributed by atoms with Gasteiger partial charge in [0.25, 0.3) is 12.0 Å². The van der Waals surface area contributed by atoms with E-state index < -0.39 is 0 Å². The SMILES string of the molecule is COc1ccc(Cn2c(=O)n3nc[nH+]c3c3ccc(CN(C)CC4CCOC4)nc32)cc1. The van der Waals surface area contributed by atoms with E-state index in [1.54, 1.807) is 11.7 Å². The fourth-order valence-corrected chi connectivity index (χ4v) is 4.34. The van der Waals surface area contributed by atoms with E-state index in [-0.39, 0.29) is 5.69 Å². The molecule has 1 fully saturated rings. The van der Waals surface area contributed by atoms with Crippen LogP contribution in [-0.2, 0) is 17.8 Å². The van der Waals surface area contributed by atoms with Crippen LogP contribution in [0.5, 0.6) is 5.75 Å². The highest BCUT2D eigenvalue weighted by Crippen LogP contribution is 2.19. The van der Waals surface area contributed by atoms with E-state index in [1.165, 1.54) is 10.8 Å². The standard InChI is InChI=1S/C23H26N6O3/c1-27(11-17-9-10-32-14-17)13-18-5-8-20-21-24-15-25-29(21)23(30)28(22(20)26-18)12-16-3-6-19(31-2)7-4-16/h3-8,15,17H,9-14H2,1-2H3/p+1. The predicted octanol–water partition coefficient (Wildman–Crippen LogP) is 1.38. The Bertz CT molecular complexity index is 1290. The number of hydrogen-bond acceptors (Lipinski definition) is 6. The van der Waals surface area contributed by atoms with E-state index in [9.17, 15) is 4.79 Å². The van der Waals surface area contributed by atoms with Crippen LogP contribution in [0.4, 0.5) is 0 Å². The lowest BCUT2D eigenvalue weighted by atomic mass is 10.1. The van der Waals surface area contributed by atoms with Gasteiger partial charge in [-0.1, -0.05) is 12.1 Å². The number of H-pyrrole nitrogens is 1. The van der Waals surface area contributed by atoms with Crippen LogP contribution in [0.3, 0.4) is 0 Å². The summed E-state index contributed by atoms with van der Waals surface area (Å²) in [6.45, 7) is 3.74. The van der Waals surface area contributed by atoms with Crippen molar-refractivity contribution < 1.29 is 14.5 Å². The number of rotatable bonds is 7. The van der Waals surface area contributed by atoms with Crippen LogP contribution in [-0.4, -0.2) is 58.0 Å². The third-order valence-electron chi connectivity index (χ3n) is 5.97. The minimum Gasteiger partial charge on any atom is -0.497 e. The summed E-state index contributed by atoms with van der Waals surface area (Å²) in [5.41, 5.74) is 2.96. The molecule has 0 saturated carbocycles. The third kappa shape index (κ3) is 3.96. The second-order valence-electron chi connectivity index (χ2n) is 8.37. The Morgan fingerprint density at radius 1 is 1.25 bits per heavy atom. The van der Waals surface area contributed by atoms with Gasteiger partial charge in [-0.05, 0) is 53.7 Å². The Morgan fingerprint density at radius 3 is 2.84 bits per heavy atom. The summed E-state index contributed by atoms with van der Waals surface area (Å²) in [5, 5.41) is 5.04. The third-order valence-corrected chi connectivity index (χ3v) is 5.97. The van der Waals surface area contributed by atoms with Crippen molar-refractivity contribution in [1.29, 1.82) is 0 Å². The van der Waals surface area contributed by atoms with Gasteiger partial charge in [0.05, 0.1) is 31.3 Å². The molecule has 0 aliphatic carbocycles. The molecule has 9 nitrogen and oxygen atoms in total. The van der Waals surface area contributed by atoms with E-state index >= 15 is 0 Å². The zero-order valence-corrected chi connectivity index (χ0v) is 18.3. The molecule has 5 rings (SSSR count). The first kappa shape index (κ1) is 20.6. The van der Waals surface area contributed by atoms with Gasteiger partial charge in [-0.2, -0.15) is 0 Å². The number of pyridine rings is 1. The molecule has 32 heavy (non-hydrogen) atoms. The summed E-state index contributed by atoms with van der Waals surface area (Å²) in [7, 11) is 3.74. The van der Waals surface area contributed by atoms with Crippen molar-refractivity contribution in [3.05, 3.63) is 64.5 Å². The quantitative estimate of drug-likeness (QED) is 0.436. The lowest BCUT2D eigenvalue weighted by Crippen LogP contribution is -2.30. The smallest absolute Gasteiger partial charge is 0.425 e. The highest BCUT2D eigenvalue weighted by atomic mass is 16.5. The van der Waals surface area contributed by atoms with Gasteiger partial charge < -0.3 is 14.4 Å². The molecule has 1 N–H and O–H groups in total. The van der Waals surface area contributed by atoms with Crippen molar-refractivity contribution in [1.82, 2.24) is 24.1 Å². The maximum atomic E-state index is 13.2. The Kier molecular flexibility index (Phi) is 5.59. The summed E-state index contributed by atoms with van der Waals surface area (Å²) >= 11 is 0. The van der Waals surface area contributed by atoms with Crippen molar-refractivity contribution >= 4 is 16.7 Å². The molecule has 1 aromatic carbocycles. The lowest BCUT2D eigenvalue weighted by molar-refractivity contribution is -0.345. The van der Waals surface area contributed by atoms with E-state index in [4.69, 9.17) is 14.5 Å². The zero-order chi connectivity index (χ0) is 22.1. The Morgan fingerprint density at radius 2 is 2.09 bits per heavy atom. The summed E-state index contributed by atoms with van der Waals surface area (Å²) in [6, 6.07) is 11.7. The van der Waals surface area contributed by atoms with Gasteiger partial charge in [0.2, 0.25) is 0 Å². The van der Waals surface area contributed by atoms with Gasteiger partial charge in [0.1, 0.15) is 5.75 Å². The summed E-state index contributed by atoms with van der Waals surface area (Å²) in [4.78, 5) is 23.5. The zero-order valence-electron chi connectivity index (χ0n) is 18.3. The number of aromatic nitrogens is 5. The maximum Gasteiger partial charge on any atom is 0.425 e. The molecular formula is C23H27N6O3+. The van der Waals surface area contributed by atoms with Crippen LogP contribution < -0.4 is 15.4 Å². The summed E-state index contributed by atoms with van der Waals surface area (Å²) in [6.07, 6.45) is 2.63. The Balaban J connectivity index is 1.52. The van der Waals surface area contributed by atoms with Gasteiger partial charge in [-0.3, -0.25) is 4.57 Å². The van der Waals surface area contributed by atoms with Crippen LogP contribution in [0.1, 0.15) is 17.7 Å². The molecule has 1 saturated heterocycles. The molecule has 4 heterocycles. The molecule has 3 aromatic heterocycles. The molecule has 1 aliphatic heterocycles. The van der Waals surface area contributed by atoms with Crippen molar-refractivity contribution in [2.45, 2.75) is 19.5 Å². The number of hydrogen-bond donors (Lipinski definition) is 0. The first-order valence-electron chi connectivity index (χ1n) is 10.8. The largest absolute Gasteiger partial charge is 0.497 e. The van der Waals surface area contributed by atoms with Gasteiger partial charge in [-0.25, -0.2) is 14.8 Å². The lowest BCUT2D eigenvalue weighted by Gasteiger charge is -2.19. The molecule has 4 aromatic rings. The van der Waals surface area contributed by atoms with Crippen LogP contribution >= 0.6 is 0 Å². The fourth-order valence-electron chi connectivity index (χ4n) is 4.34. The predicted molar refractivity (Wildman–Crippen MR) is 119 cm³/mol. The van der Waals surface area contributed by atoms with Crippen LogP contribution in [0, 0.1) is 5.92 Å². The molecule has 0 spiro atoms. The topological polar surface area (TPSA) is 88.0 Å². The van der Waals surface area contributed by atoms with E-state index in [2.05, 4.69) is 22.0 Å². The van der Waals surface area contributed by atoms with Crippen molar-refractivity contribution in [3.63, 3.8) is 0 Å². The van der Waals surface area contributed by atoms with Gasteiger partial charge >= 0.3 is 5.69 Å². The van der Waals surface area contributed by atoms with Gasteiger partial charge in [0, 0.05) is 24.8 Å². The van der Waals surface area contributed by atoms with Crippen molar-refractivity contribution in [3.8, 4) is 5.75 Å². The molecule has 0 radical (unpaired) electrons. The number of benzene rings is 1. The minimum atomic E-state index is -0.231. The molecular weight excluding hydrogens is 408 g/mol. The first-order chi connectivity index (χ1) is 15.6. The highest BCUT2D eigenvalue weighted by Gasteiger charge is 2.21. The summed E-state index contributed by atoms with van der Waals surface area (Å²) < 4.78 is 13.8. The molecule has 1 atom stereocenters. The molecule has 0 bridgehead atoms. The number of nitrogens with zero attached hydrogens (tertiary/aromatic N) is 5. The number of aromatic amines is 1. The highest BCUT2D eigenvalue weighted by molar-refractivity contribution is 5.87. The van der Waals surface area contributed by atoms with E-state index in [0.29, 0.717) is 30.3 Å². The number of nitrogens with one attached hydrogen (secondary N) is 1. The minimum absolute atomic E-state index is 0.231. The van der Waals surface area contributed by atoms with Gasteiger partial charge in [0.15, 0.2) is 5.65 Å². The summed E-state index contributed by atoms with van der Waals surface area (Å²) in [5.74, 6) is 1.34. The van der Waals surface area contributed by atoms with Crippen molar-refractivity contribution in [2.24, 2.45) is 5.92 Å². The number of fused-ring (bicyclic) bond motifs is 3. The number of ether oxygens (including phenoxy) is 2. The van der Waals surface area contributed by atoms with E-state index in [0.717, 1.165) is 48.6 Å².